The highest BCUT2D eigenvalue weighted by molar-refractivity contribution is 6.33. The average Bonchev–Trinajstić information content (AvgIpc) is 3.27. The van der Waals surface area contributed by atoms with Gasteiger partial charge in [0, 0.05) is 18.1 Å². The van der Waals surface area contributed by atoms with Crippen molar-refractivity contribution in [3.63, 3.8) is 0 Å². The maximum Gasteiger partial charge on any atom is 0.281 e. The molecule has 1 aromatic carbocycles. The van der Waals surface area contributed by atoms with Gasteiger partial charge in [-0.3, -0.25) is 14.2 Å². The number of nitrogens with one attached hydrogen (secondary N) is 2. The molecule has 4 N–H and O–H groups in total. The van der Waals surface area contributed by atoms with Gasteiger partial charge in [0.15, 0.2) is 0 Å². The van der Waals surface area contributed by atoms with Crippen LogP contribution in [0.1, 0.15) is 47.7 Å². The van der Waals surface area contributed by atoms with E-state index < -0.39 is 6.04 Å². The standard InChI is InChI=1S/C22H20ClN7O2/c1-11(25-19-16-17(27-22(24)28-19)12(2)26-20(16)31)15-10-29-9-8-14(23)18(29)21(32)30(15)13-6-4-3-5-7-13/h3-12H,1-2H3,(H,26,31)(H3,24,25,27,28)/t11-,12-/m0/s1. The number of aromatic nitrogens is 4. The summed E-state index contributed by atoms with van der Waals surface area (Å²) in [5, 5.41) is 6.46. The van der Waals surface area contributed by atoms with E-state index in [1.807, 2.05) is 50.4 Å². The van der Waals surface area contributed by atoms with Gasteiger partial charge >= 0.3 is 0 Å². The fourth-order valence-corrected chi connectivity index (χ4v) is 4.30. The van der Waals surface area contributed by atoms with E-state index in [-0.39, 0.29) is 23.5 Å². The van der Waals surface area contributed by atoms with Crippen LogP contribution in [0.4, 0.5) is 11.8 Å². The highest BCUT2D eigenvalue weighted by Gasteiger charge is 2.32. The maximum atomic E-state index is 13.4. The zero-order chi connectivity index (χ0) is 22.6. The zero-order valence-corrected chi connectivity index (χ0v) is 18.1. The second kappa shape index (κ2) is 7.38. The van der Waals surface area contributed by atoms with Gasteiger partial charge in [0.2, 0.25) is 5.95 Å². The molecule has 162 valence electrons. The molecule has 0 fully saturated rings. The number of nitrogen functional groups attached to an aromatic ring is 1. The van der Waals surface area contributed by atoms with Gasteiger partial charge in [0.1, 0.15) is 16.9 Å². The molecule has 0 saturated carbocycles. The lowest BCUT2D eigenvalue weighted by Crippen LogP contribution is -2.27. The Morgan fingerprint density at radius 1 is 1.19 bits per heavy atom. The van der Waals surface area contributed by atoms with Crippen LogP contribution in [0.25, 0.3) is 11.2 Å². The molecule has 0 bridgehead atoms. The molecule has 4 heterocycles. The van der Waals surface area contributed by atoms with Gasteiger partial charge in [-0.2, -0.15) is 4.98 Å². The number of amides is 1. The molecular weight excluding hydrogens is 430 g/mol. The normalized spacial score (nSPS) is 16.1. The number of benzene rings is 1. The van der Waals surface area contributed by atoms with Crippen LogP contribution in [0.15, 0.2) is 53.6 Å². The molecule has 0 saturated heterocycles. The smallest absolute Gasteiger partial charge is 0.281 e. The lowest BCUT2D eigenvalue weighted by Gasteiger charge is -2.22. The number of anilines is 2. The Kier molecular flexibility index (Phi) is 4.63. The zero-order valence-electron chi connectivity index (χ0n) is 17.3. The van der Waals surface area contributed by atoms with Crippen molar-refractivity contribution in [3.8, 4) is 5.69 Å². The Morgan fingerprint density at radius 3 is 2.69 bits per heavy atom. The summed E-state index contributed by atoms with van der Waals surface area (Å²) in [4.78, 5) is 34.4. The van der Waals surface area contributed by atoms with E-state index in [0.717, 1.165) is 0 Å². The van der Waals surface area contributed by atoms with Crippen molar-refractivity contribution in [2.75, 3.05) is 11.1 Å². The maximum absolute atomic E-state index is 13.4. The molecule has 32 heavy (non-hydrogen) atoms. The summed E-state index contributed by atoms with van der Waals surface area (Å²) in [6.45, 7) is 3.71. The minimum absolute atomic E-state index is 0.0647. The van der Waals surface area contributed by atoms with Gasteiger partial charge in [-0.25, -0.2) is 4.98 Å². The third-order valence-electron chi connectivity index (χ3n) is 5.55. The SMILES string of the molecule is C[C@@H]1NC(=O)c2c(N[C@@H](C)c3cn4ccc(Cl)c4c(=O)n3-c3ccccc3)nc(N)nc21. The van der Waals surface area contributed by atoms with Gasteiger partial charge in [-0.05, 0) is 32.0 Å². The van der Waals surface area contributed by atoms with Crippen molar-refractivity contribution in [1.29, 1.82) is 0 Å². The Hall–Kier alpha value is -3.85. The van der Waals surface area contributed by atoms with Crippen LogP contribution in [0.2, 0.25) is 5.02 Å². The average molecular weight is 450 g/mol. The highest BCUT2D eigenvalue weighted by Crippen LogP contribution is 2.31. The fraction of sp³-hybridized carbons (Fsp3) is 0.182. The number of carbonyl (C=O) groups excluding carboxylic acids is 1. The van der Waals surface area contributed by atoms with Gasteiger partial charge in [0.05, 0.1) is 28.5 Å². The van der Waals surface area contributed by atoms with Crippen molar-refractivity contribution in [2.45, 2.75) is 25.9 Å². The van der Waals surface area contributed by atoms with Crippen LogP contribution < -0.4 is 21.9 Å². The Morgan fingerprint density at radius 2 is 1.94 bits per heavy atom. The summed E-state index contributed by atoms with van der Waals surface area (Å²) in [6, 6.07) is 10.3. The van der Waals surface area contributed by atoms with Gasteiger partial charge < -0.3 is 20.8 Å². The van der Waals surface area contributed by atoms with Gasteiger partial charge in [-0.15, -0.1) is 0 Å². The molecule has 0 radical (unpaired) electrons. The van der Waals surface area contributed by atoms with E-state index in [0.29, 0.717) is 39.0 Å². The quantitative estimate of drug-likeness (QED) is 0.440. The first-order valence-corrected chi connectivity index (χ1v) is 10.4. The number of halogens is 1. The molecule has 5 rings (SSSR count). The van der Waals surface area contributed by atoms with Crippen molar-refractivity contribution in [2.24, 2.45) is 0 Å². The largest absolute Gasteiger partial charge is 0.368 e. The fourth-order valence-electron chi connectivity index (χ4n) is 4.07. The monoisotopic (exact) mass is 449 g/mol. The van der Waals surface area contributed by atoms with E-state index in [1.165, 1.54) is 0 Å². The molecule has 0 unspecified atom stereocenters. The van der Waals surface area contributed by atoms with Gasteiger partial charge in [0.25, 0.3) is 11.5 Å². The first-order chi connectivity index (χ1) is 15.3. The molecule has 9 nitrogen and oxygen atoms in total. The van der Waals surface area contributed by atoms with Crippen LogP contribution in [-0.2, 0) is 0 Å². The summed E-state index contributed by atoms with van der Waals surface area (Å²) in [7, 11) is 0. The summed E-state index contributed by atoms with van der Waals surface area (Å²) < 4.78 is 3.30. The van der Waals surface area contributed by atoms with Crippen LogP contribution >= 0.6 is 11.6 Å². The summed E-state index contributed by atoms with van der Waals surface area (Å²) in [5.41, 5.74) is 8.28. The molecule has 1 aliphatic rings. The molecule has 0 spiro atoms. The number of fused-ring (bicyclic) bond motifs is 2. The lowest BCUT2D eigenvalue weighted by molar-refractivity contribution is 0.0959. The Bertz CT molecular complexity index is 1430. The first-order valence-electron chi connectivity index (χ1n) is 10.1. The molecule has 4 aromatic rings. The second-order valence-electron chi connectivity index (χ2n) is 7.70. The molecule has 0 aliphatic carbocycles. The third kappa shape index (κ3) is 3.09. The number of para-hydroxylation sites is 1. The van der Waals surface area contributed by atoms with E-state index in [4.69, 9.17) is 17.3 Å². The molecule has 1 aliphatic heterocycles. The van der Waals surface area contributed by atoms with E-state index in [1.54, 1.807) is 21.2 Å². The minimum atomic E-state index is -0.421. The van der Waals surface area contributed by atoms with Crippen molar-refractivity contribution in [1.82, 2.24) is 24.3 Å². The summed E-state index contributed by atoms with van der Waals surface area (Å²) >= 11 is 6.28. The molecule has 3 aromatic heterocycles. The molecule has 2 atom stereocenters. The topological polar surface area (TPSA) is 119 Å². The number of nitrogens with two attached hydrogens (primary N) is 1. The number of carbonyl (C=O) groups is 1. The van der Waals surface area contributed by atoms with Crippen LogP contribution in [-0.4, -0.2) is 24.8 Å². The number of rotatable bonds is 4. The summed E-state index contributed by atoms with van der Waals surface area (Å²) in [5.74, 6) is 0.115. The Labute approximate surface area is 187 Å². The molecular formula is C22H20ClN7O2. The van der Waals surface area contributed by atoms with Crippen LogP contribution in [0.5, 0.6) is 0 Å². The Balaban J connectivity index is 1.67. The van der Waals surface area contributed by atoms with Crippen LogP contribution in [0.3, 0.4) is 0 Å². The third-order valence-corrected chi connectivity index (χ3v) is 5.86. The predicted molar refractivity (Wildman–Crippen MR) is 122 cm³/mol. The van der Waals surface area contributed by atoms with E-state index >= 15 is 0 Å². The van der Waals surface area contributed by atoms with Crippen molar-refractivity contribution < 1.29 is 4.79 Å². The lowest BCUT2D eigenvalue weighted by atomic mass is 10.1. The number of hydrogen-bond acceptors (Lipinski definition) is 6. The second-order valence-corrected chi connectivity index (χ2v) is 8.11. The first kappa shape index (κ1) is 20.1. The number of hydrogen-bond donors (Lipinski definition) is 3. The predicted octanol–water partition coefficient (Wildman–Crippen LogP) is 3.09. The molecule has 1 amide bonds. The number of nitrogens with zero attached hydrogens (tertiary/aromatic N) is 4. The van der Waals surface area contributed by atoms with E-state index in [9.17, 15) is 9.59 Å². The van der Waals surface area contributed by atoms with E-state index in [2.05, 4.69) is 20.6 Å². The van der Waals surface area contributed by atoms with Gasteiger partial charge in [-0.1, -0.05) is 29.8 Å². The van der Waals surface area contributed by atoms with Crippen molar-refractivity contribution in [3.05, 3.63) is 81.1 Å². The minimum Gasteiger partial charge on any atom is -0.368 e. The van der Waals surface area contributed by atoms with Crippen molar-refractivity contribution >= 4 is 34.8 Å². The highest BCUT2D eigenvalue weighted by atomic mass is 35.5. The summed E-state index contributed by atoms with van der Waals surface area (Å²) in [6.07, 6.45) is 3.57. The van der Waals surface area contributed by atoms with Crippen LogP contribution in [0, 0.1) is 0 Å². The molecule has 10 heteroatoms.